The second-order valence-electron chi connectivity index (χ2n) is 3.01. The number of anilines is 1. The van der Waals surface area contributed by atoms with Crippen molar-refractivity contribution < 1.29 is 9.90 Å². The number of nitrogens with zero attached hydrogens (tertiary/aromatic N) is 1. The molecule has 0 aliphatic heterocycles. The van der Waals surface area contributed by atoms with Crippen LogP contribution in [0.4, 0.5) is 5.69 Å². The summed E-state index contributed by atoms with van der Waals surface area (Å²) in [5.41, 5.74) is 0.865. The Labute approximate surface area is 83.0 Å². The molecule has 1 heterocycles. The third kappa shape index (κ3) is 2.73. The second-order valence-corrected chi connectivity index (χ2v) is 3.01. The maximum atomic E-state index is 10.8. The minimum Gasteiger partial charge on any atom is -0.478 e. The Balaban J connectivity index is 2.69. The van der Waals surface area contributed by atoms with Gasteiger partial charge in [0.05, 0.1) is 17.4 Å². The van der Waals surface area contributed by atoms with E-state index in [9.17, 15) is 4.79 Å². The normalized spacial score (nSPS) is 9.79. The molecule has 2 N–H and O–H groups in total. The molecule has 4 heteroatoms. The third-order valence-corrected chi connectivity index (χ3v) is 1.90. The summed E-state index contributed by atoms with van der Waals surface area (Å²) in [6.45, 7) is 2.87. The monoisotopic (exact) mass is 194 g/mol. The van der Waals surface area contributed by atoms with Crippen molar-refractivity contribution in [3.63, 3.8) is 0 Å². The lowest BCUT2D eigenvalue weighted by molar-refractivity contribution is 0.0698. The first-order chi connectivity index (χ1) is 6.75. The van der Waals surface area contributed by atoms with E-state index in [1.165, 1.54) is 12.3 Å². The fraction of sp³-hybridized carbons (Fsp3) is 0.400. The lowest BCUT2D eigenvalue weighted by Gasteiger charge is -2.07. The maximum Gasteiger partial charge on any atom is 0.337 e. The molecule has 0 bridgehead atoms. The fourth-order valence-corrected chi connectivity index (χ4v) is 1.12. The van der Waals surface area contributed by atoms with Gasteiger partial charge < -0.3 is 10.4 Å². The van der Waals surface area contributed by atoms with Gasteiger partial charge in [-0.3, -0.25) is 4.98 Å². The predicted octanol–water partition coefficient (Wildman–Crippen LogP) is 1.99. The van der Waals surface area contributed by atoms with Gasteiger partial charge in [-0.2, -0.15) is 0 Å². The van der Waals surface area contributed by atoms with Crippen LogP contribution < -0.4 is 5.32 Å². The zero-order valence-electron chi connectivity index (χ0n) is 8.16. The van der Waals surface area contributed by atoms with Crippen molar-refractivity contribution in [2.45, 2.75) is 19.8 Å². The Morgan fingerprint density at radius 1 is 1.64 bits per heavy atom. The van der Waals surface area contributed by atoms with Crippen LogP contribution in [0.15, 0.2) is 18.5 Å². The molecule has 1 rings (SSSR count). The van der Waals surface area contributed by atoms with Crippen molar-refractivity contribution in [2.24, 2.45) is 0 Å². The highest BCUT2D eigenvalue weighted by atomic mass is 16.4. The first kappa shape index (κ1) is 10.5. The lowest BCUT2D eigenvalue weighted by Crippen LogP contribution is -2.07. The van der Waals surface area contributed by atoms with E-state index in [1.807, 2.05) is 0 Å². The number of unbranched alkanes of at least 4 members (excludes halogenated alkanes) is 1. The van der Waals surface area contributed by atoms with E-state index < -0.39 is 5.97 Å². The number of carboxylic acids is 1. The zero-order chi connectivity index (χ0) is 10.4. The van der Waals surface area contributed by atoms with Gasteiger partial charge in [-0.25, -0.2) is 4.79 Å². The molecule has 0 amide bonds. The number of hydrogen-bond donors (Lipinski definition) is 2. The topological polar surface area (TPSA) is 62.2 Å². The Morgan fingerprint density at radius 3 is 3.07 bits per heavy atom. The molecular formula is C10H14N2O2. The van der Waals surface area contributed by atoms with Crippen LogP contribution in [0, 0.1) is 0 Å². The molecule has 76 valence electrons. The highest BCUT2D eigenvalue weighted by Crippen LogP contribution is 2.12. The summed E-state index contributed by atoms with van der Waals surface area (Å²) < 4.78 is 0. The Bertz CT molecular complexity index is 313. The standard InChI is InChI=1S/C10H14N2O2/c1-2-3-5-12-9-7-11-6-4-8(9)10(13)14/h4,6-7,12H,2-3,5H2,1H3,(H,13,14). The highest BCUT2D eigenvalue weighted by Gasteiger charge is 2.08. The van der Waals surface area contributed by atoms with Gasteiger partial charge in [0.2, 0.25) is 0 Å². The van der Waals surface area contributed by atoms with Crippen molar-refractivity contribution in [1.82, 2.24) is 4.98 Å². The van der Waals surface area contributed by atoms with Gasteiger partial charge in [0, 0.05) is 12.7 Å². The first-order valence-corrected chi connectivity index (χ1v) is 4.67. The van der Waals surface area contributed by atoms with E-state index in [-0.39, 0.29) is 5.56 Å². The third-order valence-electron chi connectivity index (χ3n) is 1.90. The molecule has 0 radical (unpaired) electrons. The van der Waals surface area contributed by atoms with E-state index in [4.69, 9.17) is 5.11 Å². The number of rotatable bonds is 5. The fourth-order valence-electron chi connectivity index (χ4n) is 1.12. The molecule has 0 saturated carbocycles. The zero-order valence-corrected chi connectivity index (χ0v) is 8.16. The summed E-state index contributed by atoms with van der Waals surface area (Å²) >= 11 is 0. The minimum absolute atomic E-state index is 0.274. The van der Waals surface area contributed by atoms with Crippen LogP contribution in [0.5, 0.6) is 0 Å². The smallest absolute Gasteiger partial charge is 0.337 e. The number of hydrogen-bond acceptors (Lipinski definition) is 3. The van der Waals surface area contributed by atoms with Crippen LogP contribution in [0.3, 0.4) is 0 Å². The van der Waals surface area contributed by atoms with E-state index in [1.54, 1.807) is 6.20 Å². The van der Waals surface area contributed by atoms with Crippen molar-refractivity contribution >= 4 is 11.7 Å². The summed E-state index contributed by atoms with van der Waals surface area (Å²) in [5.74, 6) is -0.925. The molecular weight excluding hydrogens is 180 g/mol. The average molecular weight is 194 g/mol. The highest BCUT2D eigenvalue weighted by molar-refractivity contribution is 5.93. The van der Waals surface area contributed by atoms with Crippen LogP contribution in [-0.2, 0) is 0 Å². The minimum atomic E-state index is -0.925. The summed E-state index contributed by atoms with van der Waals surface area (Å²) in [6, 6.07) is 1.50. The molecule has 0 spiro atoms. The quantitative estimate of drug-likeness (QED) is 0.704. The predicted molar refractivity (Wildman–Crippen MR) is 54.6 cm³/mol. The van der Waals surface area contributed by atoms with Crippen LogP contribution in [0.25, 0.3) is 0 Å². The molecule has 0 unspecified atom stereocenters. The van der Waals surface area contributed by atoms with E-state index >= 15 is 0 Å². The molecule has 0 aromatic carbocycles. The van der Waals surface area contributed by atoms with E-state index in [0.717, 1.165) is 19.4 Å². The largest absolute Gasteiger partial charge is 0.478 e. The maximum absolute atomic E-state index is 10.8. The molecule has 0 aliphatic rings. The van der Waals surface area contributed by atoms with Crippen LogP contribution in [-0.4, -0.2) is 22.6 Å². The number of carboxylic acid groups (broad SMARTS) is 1. The molecule has 1 aromatic rings. The van der Waals surface area contributed by atoms with Crippen molar-refractivity contribution in [3.8, 4) is 0 Å². The van der Waals surface area contributed by atoms with Crippen molar-refractivity contribution in [2.75, 3.05) is 11.9 Å². The average Bonchev–Trinajstić information content (AvgIpc) is 2.19. The summed E-state index contributed by atoms with van der Waals surface area (Å²) in [7, 11) is 0. The molecule has 0 atom stereocenters. The number of aromatic nitrogens is 1. The summed E-state index contributed by atoms with van der Waals surface area (Å²) in [5, 5.41) is 11.9. The van der Waals surface area contributed by atoms with Crippen molar-refractivity contribution in [3.05, 3.63) is 24.0 Å². The van der Waals surface area contributed by atoms with Gasteiger partial charge in [0.1, 0.15) is 0 Å². The van der Waals surface area contributed by atoms with Crippen LogP contribution in [0.1, 0.15) is 30.1 Å². The molecule has 0 saturated heterocycles. The molecule has 4 nitrogen and oxygen atoms in total. The van der Waals surface area contributed by atoms with Gasteiger partial charge in [0.25, 0.3) is 0 Å². The number of aromatic carboxylic acids is 1. The molecule has 0 aliphatic carbocycles. The van der Waals surface area contributed by atoms with E-state index in [0.29, 0.717) is 5.69 Å². The second kappa shape index (κ2) is 5.21. The SMILES string of the molecule is CCCCNc1cnccc1C(=O)O. The van der Waals surface area contributed by atoms with Gasteiger partial charge in [-0.1, -0.05) is 13.3 Å². The Hall–Kier alpha value is -1.58. The van der Waals surface area contributed by atoms with Crippen LogP contribution >= 0.6 is 0 Å². The summed E-state index contributed by atoms with van der Waals surface area (Å²) in [4.78, 5) is 14.7. The summed E-state index contributed by atoms with van der Waals surface area (Å²) in [6.07, 6.45) is 5.12. The Kier molecular flexibility index (Phi) is 3.91. The molecule has 0 fully saturated rings. The van der Waals surface area contributed by atoms with Gasteiger partial charge in [-0.15, -0.1) is 0 Å². The van der Waals surface area contributed by atoms with Gasteiger partial charge >= 0.3 is 5.97 Å². The first-order valence-electron chi connectivity index (χ1n) is 4.67. The van der Waals surface area contributed by atoms with E-state index in [2.05, 4.69) is 17.2 Å². The van der Waals surface area contributed by atoms with Gasteiger partial charge in [-0.05, 0) is 12.5 Å². The number of pyridine rings is 1. The number of nitrogens with one attached hydrogen (secondary N) is 1. The molecule has 14 heavy (non-hydrogen) atoms. The van der Waals surface area contributed by atoms with Gasteiger partial charge in [0.15, 0.2) is 0 Å². The van der Waals surface area contributed by atoms with Crippen molar-refractivity contribution in [1.29, 1.82) is 0 Å². The molecule has 1 aromatic heterocycles. The number of carbonyl (C=O) groups is 1. The Morgan fingerprint density at radius 2 is 2.43 bits per heavy atom. The lowest BCUT2D eigenvalue weighted by atomic mass is 10.2. The van der Waals surface area contributed by atoms with Crippen LogP contribution in [0.2, 0.25) is 0 Å².